The summed E-state index contributed by atoms with van der Waals surface area (Å²) in [6.07, 6.45) is 0. The molecule has 0 aliphatic carbocycles. The molecule has 0 saturated heterocycles. The van der Waals surface area contributed by atoms with Crippen LogP contribution in [0.4, 0.5) is 5.69 Å². The minimum Gasteiger partial charge on any atom is -0.506 e. The minimum atomic E-state index is -3.65. The molecule has 3 N–H and O–H groups in total. The van der Waals surface area contributed by atoms with Crippen molar-refractivity contribution in [3.05, 3.63) is 54.1 Å². The third-order valence-electron chi connectivity index (χ3n) is 3.19. The standard InChI is InChI=1S/C15H18N2O3S/c1-2-17(11-12-6-4-3-5-7-12)21(19,20)13-8-9-15(18)14(16)10-13/h3-10,18H,2,11,16H2,1H3. The molecule has 0 spiro atoms. The Morgan fingerprint density at radius 2 is 1.81 bits per heavy atom. The number of phenols is 1. The molecule has 112 valence electrons. The van der Waals surface area contributed by atoms with Crippen LogP contribution in [-0.2, 0) is 16.6 Å². The lowest BCUT2D eigenvalue weighted by Gasteiger charge is -2.21. The molecule has 6 heteroatoms. The predicted octanol–water partition coefficient (Wildman–Crippen LogP) is 2.19. The molecule has 2 aromatic carbocycles. The molecular formula is C15H18N2O3S. The highest BCUT2D eigenvalue weighted by molar-refractivity contribution is 7.89. The van der Waals surface area contributed by atoms with E-state index in [4.69, 9.17) is 5.73 Å². The van der Waals surface area contributed by atoms with Gasteiger partial charge in [-0.15, -0.1) is 0 Å². The number of phenolic OH excluding ortho intramolecular Hbond substituents is 1. The molecule has 0 fully saturated rings. The normalized spacial score (nSPS) is 11.7. The number of nitrogens with two attached hydrogens (primary N) is 1. The molecule has 0 bridgehead atoms. The highest BCUT2D eigenvalue weighted by Gasteiger charge is 2.23. The van der Waals surface area contributed by atoms with Gasteiger partial charge in [0.1, 0.15) is 5.75 Å². The van der Waals surface area contributed by atoms with Crippen molar-refractivity contribution < 1.29 is 13.5 Å². The first kappa shape index (κ1) is 15.3. The first-order valence-corrected chi connectivity index (χ1v) is 8.01. The molecule has 0 aliphatic rings. The Kier molecular flexibility index (Phi) is 4.50. The van der Waals surface area contributed by atoms with Gasteiger partial charge in [-0.05, 0) is 23.8 Å². The summed E-state index contributed by atoms with van der Waals surface area (Å²) >= 11 is 0. The van der Waals surface area contributed by atoms with Crippen LogP contribution in [-0.4, -0.2) is 24.4 Å². The molecule has 0 aromatic heterocycles. The van der Waals surface area contributed by atoms with Gasteiger partial charge < -0.3 is 10.8 Å². The summed E-state index contributed by atoms with van der Waals surface area (Å²) < 4.78 is 26.6. The van der Waals surface area contributed by atoms with Crippen LogP contribution >= 0.6 is 0 Å². The maximum absolute atomic E-state index is 12.6. The van der Waals surface area contributed by atoms with E-state index in [1.807, 2.05) is 30.3 Å². The number of rotatable bonds is 5. The fourth-order valence-electron chi connectivity index (χ4n) is 2.00. The van der Waals surface area contributed by atoms with Gasteiger partial charge in [-0.1, -0.05) is 37.3 Å². The molecule has 0 unspecified atom stereocenters. The topological polar surface area (TPSA) is 83.6 Å². The summed E-state index contributed by atoms with van der Waals surface area (Å²) in [7, 11) is -3.65. The van der Waals surface area contributed by atoms with Gasteiger partial charge in [0.25, 0.3) is 0 Å². The Labute approximate surface area is 124 Å². The van der Waals surface area contributed by atoms with Gasteiger partial charge >= 0.3 is 0 Å². The van der Waals surface area contributed by atoms with Crippen molar-refractivity contribution in [3.8, 4) is 5.75 Å². The number of sulfonamides is 1. The average Bonchev–Trinajstić information content (AvgIpc) is 2.48. The fourth-order valence-corrected chi connectivity index (χ4v) is 3.47. The van der Waals surface area contributed by atoms with Gasteiger partial charge in [-0.2, -0.15) is 4.31 Å². The molecular weight excluding hydrogens is 288 g/mol. The van der Waals surface area contributed by atoms with Crippen LogP contribution in [0.2, 0.25) is 0 Å². The third kappa shape index (κ3) is 3.34. The van der Waals surface area contributed by atoms with E-state index in [1.54, 1.807) is 6.92 Å². The summed E-state index contributed by atoms with van der Waals surface area (Å²) in [4.78, 5) is 0.0792. The van der Waals surface area contributed by atoms with Gasteiger partial charge in [0, 0.05) is 13.1 Å². The number of anilines is 1. The Morgan fingerprint density at radius 3 is 2.38 bits per heavy atom. The van der Waals surface area contributed by atoms with Crippen molar-refractivity contribution in [3.63, 3.8) is 0 Å². The first-order chi connectivity index (χ1) is 9.95. The minimum absolute atomic E-state index is 0.0480. The van der Waals surface area contributed by atoms with Crippen molar-refractivity contribution >= 4 is 15.7 Å². The van der Waals surface area contributed by atoms with Gasteiger partial charge in [0.15, 0.2) is 0 Å². The summed E-state index contributed by atoms with van der Waals surface area (Å²) in [5, 5.41) is 9.41. The maximum Gasteiger partial charge on any atom is 0.243 e. The van der Waals surface area contributed by atoms with E-state index >= 15 is 0 Å². The zero-order valence-corrected chi connectivity index (χ0v) is 12.5. The van der Waals surface area contributed by atoms with E-state index in [0.717, 1.165) is 5.56 Å². The van der Waals surface area contributed by atoms with Crippen LogP contribution in [0, 0.1) is 0 Å². The Morgan fingerprint density at radius 1 is 1.14 bits per heavy atom. The Bertz CT molecular complexity index is 715. The largest absolute Gasteiger partial charge is 0.506 e. The first-order valence-electron chi connectivity index (χ1n) is 6.57. The molecule has 21 heavy (non-hydrogen) atoms. The van der Waals surface area contributed by atoms with Crippen molar-refractivity contribution in [2.75, 3.05) is 12.3 Å². The summed E-state index contributed by atoms with van der Waals surface area (Å²) in [5.41, 5.74) is 6.54. The average molecular weight is 306 g/mol. The zero-order chi connectivity index (χ0) is 15.5. The van der Waals surface area contributed by atoms with E-state index in [-0.39, 0.29) is 16.3 Å². The molecule has 2 aromatic rings. The summed E-state index contributed by atoms with van der Waals surface area (Å²) in [6.45, 7) is 2.42. The highest BCUT2D eigenvalue weighted by Crippen LogP contribution is 2.26. The molecule has 0 amide bonds. The second-order valence-electron chi connectivity index (χ2n) is 4.64. The van der Waals surface area contributed by atoms with Crippen molar-refractivity contribution in [2.24, 2.45) is 0 Å². The maximum atomic E-state index is 12.6. The Balaban J connectivity index is 2.33. The van der Waals surface area contributed by atoms with E-state index in [9.17, 15) is 13.5 Å². The summed E-state index contributed by atoms with van der Waals surface area (Å²) in [6, 6.07) is 13.3. The van der Waals surface area contributed by atoms with Crippen LogP contribution in [0.25, 0.3) is 0 Å². The van der Waals surface area contributed by atoms with Crippen molar-refractivity contribution in [1.29, 1.82) is 0 Å². The number of nitrogens with zero attached hydrogens (tertiary/aromatic N) is 1. The third-order valence-corrected chi connectivity index (χ3v) is 5.11. The van der Waals surface area contributed by atoms with E-state index in [1.165, 1.54) is 22.5 Å². The zero-order valence-electron chi connectivity index (χ0n) is 11.7. The van der Waals surface area contributed by atoms with E-state index < -0.39 is 10.0 Å². The number of benzene rings is 2. The summed E-state index contributed by atoms with van der Waals surface area (Å²) in [5.74, 6) is -0.125. The second-order valence-corrected chi connectivity index (χ2v) is 6.58. The van der Waals surface area contributed by atoms with E-state index in [0.29, 0.717) is 13.1 Å². The van der Waals surface area contributed by atoms with Crippen LogP contribution in [0.3, 0.4) is 0 Å². The number of hydrogen-bond acceptors (Lipinski definition) is 4. The molecule has 5 nitrogen and oxygen atoms in total. The highest BCUT2D eigenvalue weighted by atomic mass is 32.2. The lowest BCUT2D eigenvalue weighted by atomic mass is 10.2. The van der Waals surface area contributed by atoms with Gasteiger partial charge in [-0.3, -0.25) is 0 Å². The SMILES string of the molecule is CCN(Cc1ccccc1)S(=O)(=O)c1ccc(O)c(N)c1. The number of hydrogen-bond donors (Lipinski definition) is 2. The van der Waals surface area contributed by atoms with Crippen LogP contribution in [0.1, 0.15) is 12.5 Å². The Hall–Kier alpha value is -2.05. The molecule has 0 heterocycles. The molecule has 0 atom stereocenters. The van der Waals surface area contributed by atoms with E-state index in [2.05, 4.69) is 0 Å². The number of nitrogen functional groups attached to an aromatic ring is 1. The van der Waals surface area contributed by atoms with Crippen molar-refractivity contribution in [2.45, 2.75) is 18.4 Å². The van der Waals surface area contributed by atoms with Gasteiger partial charge in [-0.25, -0.2) is 8.42 Å². The van der Waals surface area contributed by atoms with Crippen LogP contribution in [0.5, 0.6) is 5.75 Å². The fraction of sp³-hybridized carbons (Fsp3) is 0.200. The van der Waals surface area contributed by atoms with Crippen molar-refractivity contribution in [1.82, 2.24) is 4.31 Å². The molecule has 0 aliphatic heterocycles. The van der Waals surface area contributed by atoms with Crippen LogP contribution in [0.15, 0.2) is 53.4 Å². The quantitative estimate of drug-likeness (QED) is 0.655. The number of aromatic hydroxyl groups is 1. The van der Waals surface area contributed by atoms with Crippen LogP contribution < -0.4 is 5.73 Å². The smallest absolute Gasteiger partial charge is 0.243 e. The lowest BCUT2D eigenvalue weighted by molar-refractivity contribution is 0.423. The second kappa shape index (κ2) is 6.15. The monoisotopic (exact) mass is 306 g/mol. The molecule has 0 saturated carbocycles. The molecule has 2 rings (SSSR count). The van der Waals surface area contributed by atoms with Gasteiger partial charge in [0.2, 0.25) is 10.0 Å². The predicted molar refractivity (Wildman–Crippen MR) is 82.2 cm³/mol. The molecule has 0 radical (unpaired) electrons. The van der Waals surface area contributed by atoms with Gasteiger partial charge in [0.05, 0.1) is 10.6 Å². The lowest BCUT2D eigenvalue weighted by Crippen LogP contribution is -2.30.